The SMILES string of the molecule is C=C/C=C\C1=C(/N(c2ccccc2)c2cccc(C)c2)C2=C(CC=C=C/C=C\2)CC(N(c2ccccc2)c2cccc(C)c2)=C=C1CC. The fraction of sp³-hybridized carbons (Fsp3) is 0.130. The number of nitrogens with zero attached hydrogens (tertiary/aromatic N) is 2. The Balaban J connectivity index is 1.76. The fourth-order valence-electron chi connectivity index (χ4n) is 6.42. The largest absolute Gasteiger partial charge is 0.309 e. The second kappa shape index (κ2) is 15.2. The first-order valence-corrected chi connectivity index (χ1v) is 16.7. The van der Waals surface area contributed by atoms with Gasteiger partial charge in [-0.3, -0.25) is 0 Å². The van der Waals surface area contributed by atoms with Crippen LogP contribution in [-0.2, 0) is 0 Å². The van der Waals surface area contributed by atoms with Gasteiger partial charge in [0.2, 0.25) is 0 Å². The highest BCUT2D eigenvalue weighted by Gasteiger charge is 2.28. The molecule has 4 aromatic rings. The molecule has 236 valence electrons. The molecule has 6 rings (SSSR count). The molecular weight excluding hydrogens is 581 g/mol. The van der Waals surface area contributed by atoms with Gasteiger partial charge in [-0.05, 0) is 110 Å². The van der Waals surface area contributed by atoms with E-state index in [0.717, 1.165) is 58.1 Å². The van der Waals surface area contributed by atoms with Crippen molar-refractivity contribution in [2.24, 2.45) is 0 Å². The predicted molar refractivity (Wildman–Crippen MR) is 205 cm³/mol. The van der Waals surface area contributed by atoms with Crippen molar-refractivity contribution in [1.82, 2.24) is 0 Å². The summed E-state index contributed by atoms with van der Waals surface area (Å²) in [6, 6.07) is 38.9. The summed E-state index contributed by atoms with van der Waals surface area (Å²) in [5.41, 5.74) is 21.3. The van der Waals surface area contributed by atoms with Crippen LogP contribution in [0.25, 0.3) is 0 Å². The van der Waals surface area contributed by atoms with Crippen LogP contribution in [0.4, 0.5) is 22.7 Å². The highest BCUT2D eigenvalue weighted by atomic mass is 15.2. The second-order valence-corrected chi connectivity index (χ2v) is 12.1. The van der Waals surface area contributed by atoms with E-state index in [0.29, 0.717) is 6.42 Å². The average Bonchev–Trinajstić information content (AvgIpc) is 3.09. The van der Waals surface area contributed by atoms with E-state index in [1.807, 2.05) is 12.2 Å². The van der Waals surface area contributed by atoms with Gasteiger partial charge in [0, 0.05) is 40.3 Å². The van der Waals surface area contributed by atoms with E-state index in [4.69, 9.17) is 0 Å². The molecule has 2 aliphatic carbocycles. The van der Waals surface area contributed by atoms with E-state index in [1.54, 1.807) is 0 Å². The van der Waals surface area contributed by atoms with Crippen molar-refractivity contribution in [2.45, 2.75) is 40.0 Å². The molecule has 0 aromatic heterocycles. The number of para-hydroxylation sites is 2. The lowest BCUT2D eigenvalue weighted by atomic mass is 9.87. The normalized spacial score (nSPS) is 16.6. The van der Waals surface area contributed by atoms with E-state index in [-0.39, 0.29) is 0 Å². The van der Waals surface area contributed by atoms with Crippen molar-refractivity contribution in [1.29, 1.82) is 0 Å². The van der Waals surface area contributed by atoms with Gasteiger partial charge in [-0.25, -0.2) is 0 Å². The molecule has 0 saturated heterocycles. The summed E-state index contributed by atoms with van der Waals surface area (Å²) in [6.07, 6.45) is 16.9. The average molecular weight is 623 g/mol. The molecule has 0 N–H and O–H groups in total. The van der Waals surface area contributed by atoms with Crippen LogP contribution in [0.1, 0.15) is 37.3 Å². The molecule has 0 unspecified atom stereocenters. The van der Waals surface area contributed by atoms with E-state index < -0.39 is 0 Å². The van der Waals surface area contributed by atoms with Gasteiger partial charge in [0.15, 0.2) is 0 Å². The zero-order chi connectivity index (χ0) is 33.3. The first-order chi connectivity index (χ1) is 23.6. The van der Waals surface area contributed by atoms with Crippen LogP contribution in [0.3, 0.4) is 0 Å². The van der Waals surface area contributed by atoms with Gasteiger partial charge in [-0.1, -0.05) is 110 Å². The van der Waals surface area contributed by atoms with Gasteiger partial charge >= 0.3 is 0 Å². The molecule has 2 aliphatic rings. The predicted octanol–water partition coefficient (Wildman–Crippen LogP) is 12.5. The summed E-state index contributed by atoms with van der Waals surface area (Å²) in [4.78, 5) is 4.80. The maximum atomic E-state index is 4.06. The lowest BCUT2D eigenvalue weighted by molar-refractivity contribution is 0.953. The summed E-state index contributed by atoms with van der Waals surface area (Å²) in [7, 11) is 0. The third-order valence-corrected chi connectivity index (χ3v) is 8.61. The maximum absolute atomic E-state index is 4.06. The van der Waals surface area contributed by atoms with Crippen molar-refractivity contribution in [2.75, 3.05) is 9.80 Å². The Morgan fingerprint density at radius 1 is 0.750 bits per heavy atom. The number of aryl methyl sites for hydroxylation is 2. The monoisotopic (exact) mass is 622 g/mol. The van der Waals surface area contributed by atoms with Crippen LogP contribution >= 0.6 is 0 Å². The van der Waals surface area contributed by atoms with E-state index >= 15 is 0 Å². The molecule has 4 aromatic carbocycles. The molecule has 0 amide bonds. The summed E-state index contributed by atoms with van der Waals surface area (Å²) < 4.78 is 0. The molecule has 2 nitrogen and oxygen atoms in total. The highest BCUT2D eigenvalue weighted by Crippen LogP contribution is 2.43. The molecule has 0 fully saturated rings. The van der Waals surface area contributed by atoms with Gasteiger partial charge < -0.3 is 9.80 Å². The molecule has 0 heterocycles. The van der Waals surface area contributed by atoms with Crippen LogP contribution in [0.2, 0.25) is 0 Å². The van der Waals surface area contributed by atoms with E-state index in [9.17, 15) is 0 Å². The lowest BCUT2D eigenvalue weighted by Gasteiger charge is -2.34. The standard InChI is InChI=1S/C46H42N2/c1-5-7-29-44-37(6-2)33-43(47(39-23-13-10-14-24-39)41-27-18-20-35(3)31-41)34-38-22-12-8-9-17-30-45(38)46(44)48(40-25-15-11-16-26-40)42-28-19-21-36(4)32-42/h5,7,9-21,23-32H,1,6,22,34H2,2-4H3/b29-7-,30-17-,45-38?,46-44+. The Morgan fingerprint density at radius 3 is 1.96 bits per heavy atom. The van der Waals surface area contributed by atoms with Crippen molar-refractivity contribution >= 4 is 22.7 Å². The number of hydrogen-bond donors (Lipinski definition) is 0. The number of benzene rings is 4. The molecule has 0 aliphatic heterocycles. The minimum absolute atomic E-state index is 0.711. The topological polar surface area (TPSA) is 6.48 Å². The van der Waals surface area contributed by atoms with Gasteiger partial charge in [0.05, 0.1) is 11.4 Å². The Labute approximate surface area is 286 Å². The van der Waals surface area contributed by atoms with Gasteiger partial charge in [-0.2, -0.15) is 0 Å². The van der Waals surface area contributed by atoms with Gasteiger partial charge in [0.25, 0.3) is 0 Å². The van der Waals surface area contributed by atoms with Gasteiger partial charge in [-0.15, -0.1) is 5.73 Å². The summed E-state index contributed by atoms with van der Waals surface area (Å²) >= 11 is 0. The summed E-state index contributed by atoms with van der Waals surface area (Å²) in [6.45, 7) is 10.6. The smallest absolute Gasteiger partial charge is 0.0699 e. The van der Waals surface area contributed by atoms with Crippen molar-refractivity contribution in [3.05, 3.63) is 215 Å². The number of anilines is 4. The Morgan fingerprint density at radius 2 is 1.35 bits per heavy atom. The minimum atomic E-state index is 0.711. The fourth-order valence-corrected chi connectivity index (χ4v) is 6.42. The van der Waals surface area contributed by atoms with Crippen LogP contribution in [0.5, 0.6) is 0 Å². The van der Waals surface area contributed by atoms with Gasteiger partial charge in [0.1, 0.15) is 0 Å². The van der Waals surface area contributed by atoms with Crippen LogP contribution < -0.4 is 9.80 Å². The first-order valence-electron chi connectivity index (χ1n) is 16.7. The van der Waals surface area contributed by atoms with E-state index in [2.05, 4.69) is 188 Å². The number of hydrogen-bond acceptors (Lipinski definition) is 2. The minimum Gasteiger partial charge on any atom is -0.309 e. The van der Waals surface area contributed by atoms with Crippen LogP contribution in [-0.4, -0.2) is 0 Å². The quantitative estimate of drug-likeness (QED) is 0.135. The Hall–Kier alpha value is -5.78. The molecule has 0 radical (unpaired) electrons. The number of allylic oxidation sites excluding steroid dienone is 8. The zero-order valence-electron chi connectivity index (χ0n) is 28.2. The highest BCUT2D eigenvalue weighted by molar-refractivity contribution is 5.77. The third kappa shape index (κ3) is 7.12. The molecule has 0 atom stereocenters. The second-order valence-electron chi connectivity index (χ2n) is 12.1. The first kappa shape index (κ1) is 32.2. The summed E-state index contributed by atoms with van der Waals surface area (Å²) in [5, 5.41) is 0. The molecular formula is C46H42N2. The molecule has 2 heteroatoms. The summed E-state index contributed by atoms with van der Waals surface area (Å²) in [5.74, 6) is 0. The molecule has 0 bridgehead atoms. The van der Waals surface area contributed by atoms with Crippen molar-refractivity contribution in [3.63, 3.8) is 0 Å². The third-order valence-electron chi connectivity index (χ3n) is 8.61. The Kier molecular flexibility index (Phi) is 10.2. The molecule has 48 heavy (non-hydrogen) atoms. The van der Waals surface area contributed by atoms with E-state index in [1.165, 1.54) is 22.3 Å². The maximum Gasteiger partial charge on any atom is 0.0699 e. The molecule has 0 spiro atoms. The zero-order valence-corrected chi connectivity index (χ0v) is 28.2. The molecule has 0 saturated carbocycles. The van der Waals surface area contributed by atoms with Crippen LogP contribution in [0.15, 0.2) is 203 Å². The van der Waals surface area contributed by atoms with Crippen LogP contribution in [0, 0.1) is 13.8 Å². The van der Waals surface area contributed by atoms with Crippen molar-refractivity contribution in [3.8, 4) is 0 Å². The Bertz CT molecular complexity index is 2050. The van der Waals surface area contributed by atoms with Crippen molar-refractivity contribution < 1.29 is 0 Å². The lowest BCUT2D eigenvalue weighted by Crippen LogP contribution is -2.23. The number of rotatable bonds is 9.